The van der Waals surface area contributed by atoms with E-state index in [1.807, 2.05) is 4.90 Å². The summed E-state index contributed by atoms with van der Waals surface area (Å²) in [5.41, 5.74) is 1.30. The average Bonchev–Trinajstić information content (AvgIpc) is 3.29. The van der Waals surface area contributed by atoms with Gasteiger partial charge < -0.3 is 24.4 Å². The molecule has 1 aliphatic heterocycles. The van der Waals surface area contributed by atoms with E-state index in [9.17, 15) is 27.6 Å². The summed E-state index contributed by atoms with van der Waals surface area (Å²) >= 11 is 5.99. The number of carbonyl (C=O) groups is 3. The van der Waals surface area contributed by atoms with E-state index in [-0.39, 0.29) is 18.0 Å². The first-order valence-corrected chi connectivity index (χ1v) is 14.3. The van der Waals surface area contributed by atoms with Gasteiger partial charge in [0.25, 0.3) is 11.8 Å². The van der Waals surface area contributed by atoms with Crippen LogP contribution in [0.15, 0.2) is 60.7 Å². The molecule has 5 rings (SSSR count). The maximum absolute atomic E-state index is 13.5. The predicted octanol–water partition coefficient (Wildman–Crippen LogP) is 5.88. The minimum absolute atomic E-state index is 0.0560. The molecule has 236 valence electrons. The number of rotatable bonds is 8. The van der Waals surface area contributed by atoms with E-state index >= 15 is 0 Å². The normalized spacial score (nSPS) is 13.5. The van der Waals surface area contributed by atoms with Crippen LogP contribution in [-0.2, 0) is 31.7 Å². The van der Waals surface area contributed by atoms with Crippen LogP contribution in [0.2, 0.25) is 5.02 Å². The maximum Gasteiger partial charge on any atom is 0.416 e. The third kappa shape index (κ3) is 7.07. The monoisotopic (exact) mass is 643 g/mol. The van der Waals surface area contributed by atoms with Gasteiger partial charge >= 0.3 is 12.1 Å². The molecule has 0 atom stereocenters. The molecule has 0 radical (unpaired) electrons. The minimum Gasteiger partial charge on any atom is -0.497 e. The van der Waals surface area contributed by atoms with E-state index in [0.717, 1.165) is 12.1 Å². The predicted molar refractivity (Wildman–Crippen MR) is 162 cm³/mol. The molecule has 3 aromatic carbocycles. The number of esters is 1. The number of nitrogens with one attached hydrogen (secondary N) is 1. The first kappa shape index (κ1) is 31.9. The van der Waals surface area contributed by atoms with Gasteiger partial charge in [0.1, 0.15) is 5.75 Å². The van der Waals surface area contributed by atoms with Crippen molar-refractivity contribution in [3.8, 4) is 5.75 Å². The Kier molecular flexibility index (Phi) is 9.35. The van der Waals surface area contributed by atoms with Crippen molar-refractivity contribution in [3.63, 3.8) is 0 Å². The molecule has 1 fully saturated rings. The van der Waals surface area contributed by atoms with E-state index in [0.29, 0.717) is 70.5 Å². The number of halogens is 4. The minimum atomic E-state index is -4.62. The molecule has 0 bridgehead atoms. The fourth-order valence-electron chi connectivity index (χ4n) is 5.22. The largest absolute Gasteiger partial charge is 0.497 e. The number of nitrogens with zero attached hydrogens (tertiary/aromatic N) is 2. The van der Waals surface area contributed by atoms with Crippen LogP contribution >= 0.6 is 11.6 Å². The summed E-state index contributed by atoms with van der Waals surface area (Å²) in [6.45, 7) is 2.60. The lowest BCUT2D eigenvalue weighted by Crippen LogP contribution is -2.37. The van der Waals surface area contributed by atoms with Crippen LogP contribution in [0.4, 0.5) is 24.5 Å². The number of carbonyl (C=O) groups excluding carboxylic acids is 3. The van der Waals surface area contributed by atoms with Crippen molar-refractivity contribution >= 4 is 51.7 Å². The lowest BCUT2D eigenvalue weighted by atomic mass is 10.1. The molecule has 2 heterocycles. The van der Waals surface area contributed by atoms with Gasteiger partial charge in [-0.3, -0.25) is 19.0 Å². The van der Waals surface area contributed by atoms with Crippen molar-refractivity contribution in [1.29, 1.82) is 0 Å². The Balaban J connectivity index is 1.34. The van der Waals surface area contributed by atoms with Crippen LogP contribution in [0.25, 0.3) is 10.9 Å². The van der Waals surface area contributed by atoms with E-state index in [1.165, 1.54) is 17.7 Å². The van der Waals surface area contributed by atoms with Crippen molar-refractivity contribution in [2.75, 3.05) is 50.2 Å². The van der Waals surface area contributed by atoms with Gasteiger partial charge in [0, 0.05) is 34.8 Å². The highest BCUT2D eigenvalue weighted by atomic mass is 35.5. The zero-order valence-electron chi connectivity index (χ0n) is 24.4. The molecule has 4 aromatic rings. The number of fused-ring (bicyclic) bond motifs is 1. The molecule has 45 heavy (non-hydrogen) atoms. The van der Waals surface area contributed by atoms with Crippen LogP contribution < -0.4 is 15.0 Å². The van der Waals surface area contributed by atoms with Crippen LogP contribution in [0.3, 0.4) is 0 Å². The topological polar surface area (TPSA) is 99.1 Å². The smallest absolute Gasteiger partial charge is 0.416 e. The molecular formula is C32H29ClF3N3O6. The summed E-state index contributed by atoms with van der Waals surface area (Å²) in [5.74, 6) is -1.41. The van der Waals surface area contributed by atoms with Crippen molar-refractivity contribution in [2.45, 2.75) is 19.5 Å². The Morgan fingerprint density at radius 3 is 2.38 bits per heavy atom. The number of amides is 1. The number of morpholine rings is 1. The van der Waals surface area contributed by atoms with Crippen LogP contribution in [0, 0.1) is 6.92 Å². The number of hydrogen-bond acceptors (Lipinski definition) is 7. The molecule has 0 unspecified atom stereocenters. The molecule has 1 saturated heterocycles. The van der Waals surface area contributed by atoms with Crippen molar-refractivity contribution < 1.29 is 41.8 Å². The third-order valence-corrected chi connectivity index (χ3v) is 7.72. The van der Waals surface area contributed by atoms with Crippen LogP contribution in [0.5, 0.6) is 5.75 Å². The molecule has 1 amide bonds. The van der Waals surface area contributed by atoms with Gasteiger partial charge in [0.2, 0.25) is 0 Å². The van der Waals surface area contributed by atoms with Gasteiger partial charge in [-0.25, -0.2) is 0 Å². The number of anilines is 2. The van der Waals surface area contributed by atoms with Gasteiger partial charge in [0.05, 0.1) is 49.2 Å². The zero-order valence-corrected chi connectivity index (χ0v) is 25.1. The maximum atomic E-state index is 13.5. The van der Waals surface area contributed by atoms with Crippen molar-refractivity contribution in [1.82, 2.24) is 4.57 Å². The van der Waals surface area contributed by atoms with Crippen molar-refractivity contribution in [3.05, 3.63) is 88.1 Å². The summed E-state index contributed by atoms with van der Waals surface area (Å²) in [6.07, 6.45) is -4.91. The number of aromatic nitrogens is 1. The lowest BCUT2D eigenvalue weighted by molar-refractivity contribution is -0.146. The second-order valence-electron chi connectivity index (χ2n) is 10.3. The number of methoxy groups -OCH3 is 1. The SMILES string of the molecule is COc1ccc2c(c1)c(CC(=O)OCC(=O)Nc1cc(C(F)(F)F)ccc1N1CCOCC1)c(C)n2C(=O)c1ccc(Cl)cc1. The number of alkyl halides is 3. The summed E-state index contributed by atoms with van der Waals surface area (Å²) < 4.78 is 57.7. The fraction of sp³-hybridized carbons (Fsp3) is 0.281. The Morgan fingerprint density at radius 2 is 1.71 bits per heavy atom. The standard InChI is InChI=1S/C32H29ClF3N3O6/c1-19-24(25-16-23(43-2)8-10-27(25)39(19)31(42)20-3-6-22(33)7-4-20)17-30(41)45-18-29(40)37-26-15-21(32(34,35)36)5-9-28(26)38-11-13-44-14-12-38/h3-10,15-16H,11-14,17-18H2,1-2H3,(H,37,40). The van der Waals surface area contributed by atoms with Crippen LogP contribution in [0.1, 0.15) is 27.2 Å². The molecule has 0 aliphatic carbocycles. The molecule has 1 aromatic heterocycles. The molecule has 0 spiro atoms. The molecule has 1 aliphatic rings. The van der Waals surface area contributed by atoms with Crippen molar-refractivity contribution in [2.24, 2.45) is 0 Å². The van der Waals surface area contributed by atoms with E-state index < -0.39 is 30.2 Å². The quantitative estimate of drug-likeness (QED) is 0.240. The van der Waals surface area contributed by atoms with E-state index in [4.69, 9.17) is 25.8 Å². The molecule has 9 nitrogen and oxygen atoms in total. The van der Waals surface area contributed by atoms with Gasteiger partial charge in [-0.05, 0) is 73.2 Å². The Bertz CT molecular complexity index is 1750. The first-order chi connectivity index (χ1) is 21.5. The second-order valence-corrected chi connectivity index (χ2v) is 10.7. The first-order valence-electron chi connectivity index (χ1n) is 13.9. The zero-order chi connectivity index (χ0) is 32.3. The molecule has 0 saturated carbocycles. The Morgan fingerprint density at radius 1 is 1.00 bits per heavy atom. The van der Waals surface area contributed by atoms with Gasteiger partial charge in [-0.1, -0.05) is 11.6 Å². The second kappa shape index (κ2) is 13.2. The van der Waals surface area contributed by atoms with E-state index in [1.54, 1.807) is 49.4 Å². The summed E-state index contributed by atoms with van der Waals surface area (Å²) in [6, 6.07) is 14.6. The Labute approximate surface area is 261 Å². The van der Waals surface area contributed by atoms with Gasteiger partial charge in [0.15, 0.2) is 6.61 Å². The number of benzene rings is 3. The third-order valence-electron chi connectivity index (χ3n) is 7.47. The highest BCUT2D eigenvalue weighted by molar-refractivity contribution is 6.30. The number of ether oxygens (including phenoxy) is 3. The highest BCUT2D eigenvalue weighted by Crippen LogP contribution is 2.36. The summed E-state index contributed by atoms with van der Waals surface area (Å²) in [5, 5.41) is 3.52. The molecule has 13 heteroatoms. The van der Waals surface area contributed by atoms with Gasteiger partial charge in [-0.15, -0.1) is 0 Å². The Hall–Kier alpha value is -4.55. The highest BCUT2D eigenvalue weighted by Gasteiger charge is 2.32. The van der Waals surface area contributed by atoms with Gasteiger partial charge in [-0.2, -0.15) is 13.2 Å². The average molecular weight is 644 g/mol. The molecule has 1 N–H and O–H groups in total. The lowest BCUT2D eigenvalue weighted by Gasteiger charge is -2.31. The summed E-state index contributed by atoms with van der Waals surface area (Å²) in [4.78, 5) is 41.1. The molecular weight excluding hydrogens is 615 g/mol. The van der Waals surface area contributed by atoms with Crippen LogP contribution in [-0.4, -0.2) is 62.4 Å². The van der Waals surface area contributed by atoms with E-state index in [2.05, 4.69) is 5.32 Å². The summed E-state index contributed by atoms with van der Waals surface area (Å²) in [7, 11) is 1.49. The number of hydrogen-bond donors (Lipinski definition) is 1. The fourth-order valence-corrected chi connectivity index (χ4v) is 5.34.